The largest absolute Gasteiger partial charge is 0.811 e. The summed E-state index contributed by atoms with van der Waals surface area (Å²) < 4.78 is 5.81. The third-order valence-corrected chi connectivity index (χ3v) is 9.30. The summed E-state index contributed by atoms with van der Waals surface area (Å²) in [4.78, 5) is 9.72. The van der Waals surface area contributed by atoms with Crippen molar-refractivity contribution in [3.05, 3.63) is 133 Å². The summed E-state index contributed by atoms with van der Waals surface area (Å²) >= 11 is 1.70. The van der Waals surface area contributed by atoms with Crippen LogP contribution in [-0.4, -0.2) is 25.3 Å². The molecule has 0 aliphatic rings. The van der Waals surface area contributed by atoms with Crippen LogP contribution in [-0.2, 0) is 0 Å². The molecule has 0 aliphatic heterocycles. The number of allylic oxidation sites excluding steroid dienone is 1. The number of hydrogen-bond donors (Lipinski definition) is 1. The van der Waals surface area contributed by atoms with E-state index in [1.807, 2.05) is 12.1 Å². The number of H-pyrrole nitrogens is 1. The quantitative estimate of drug-likeness (QED) is 0.216. The Balaban J connectivity index is 1.47. The lowest BCUT2D eigenvalue weighted by Gasteiger charge is -2.14. The van der Waals surface area contributed by atoms with Crippen molar-refractivity contribution in [2.45, 2.75) is 0 Å². The van der Waals surface area contributed by atoms with E-state index in [1.54, 1.807) is 17.4 Å². The molecule has 1 N–H and O–H groups in total. The zero-order valence-electron chi connectivity index (χ0n) is 22.3. The molecule has 9 rings (SSSR count). The van der Waals surface area contributed by atoms with Gasteiger partial charge in [0.1, 0.15) is 10.3 Å². The molecule has 0 spiro atoms. The highest BCUT2D eigenvalue weighted by molar-refractivity contribution is 7.25. The second-order valence-electron chi connectivity index (χ2n) is 10.5. The predicted octanol–water partition coefficient (Wildman–Crippen LogP) is 9.51. The normalized spacial score (nSPS) is 12.5. The second-order valence-corrected chi connectivity index (χ2v) is 11.5. The van der Waals surface area contributed by atoms with Crippen molar-refractivity contribution >= 4 is 87.3 Å². The van der Waals surface area contributed by atoms with Crippen molar-refractivity contribution < 1.29 is 0 Å². The molecule has 9 aromatic rings. The zero-order chi connectivity index (χ0) is 27.8. The van der Waals surface area contributed by atoms with Gasteiger partial charge in [0.25, 0.3) is 0 Å². The van der Waals surface area contributed by atoms with E-state index in [1.165, 1.54) is 15.5 Å². The van der Waals surface area contributed by atoms with Crippen LogP contribution in [0.15, 0.2) is 121 Å². The van der Waals surface area contributed by atoms with Crippen LogP contribution in [0.4, 0.5) is 0 Å². The number of hydrogen-bond acceptors (Lipinski definition) is 2. The molecule has 4 aromatic heterocycles. The van der Waals surface area contributed by atoms with Gasteiger partial charge in [0.15, 0.2) is 5.82 Å². The Morgan fingerprint density at radius 1 is 0.667 bits per heavy atom. The maximum atomic E-state index is 10.2. The smallest absolute Gasteiger partial charge is 0.156 e. The number of fused-ring (bicyclic) bond motifs is 10. The van der Waals surface area contributed by atoms with Gasteiger partial charge >= 0.3 is 0 Å². The van der Waals surface area contributed by atoms with E-state index < -0.39 is 0 Å². The molecular weight excluding hydrogens is 534 g/mol. The Kier molecular flexibility index (Phi) is 4.86. The van der Waals surface area contributed by atoms with Gasteiger partial charge in [-0.2, -0.15) is 6.21 Å². The van der Waals surface area contributed by atoms with Crippen LogP contribution in [0.25, 0.3) is 80.8 Å². The minimum absolute atomic E-state index is 0.703. The second kappa shape index (κ2) is 8.77. The number of aromatic nitrogens is 4. The molecule has 0 radical (unpaired) electrons. The number of rotatable bonds is 4. The molecule has 0 aliphatic carbocycles. The first kappa shape index (κ1) is 23.3. The molecule has 0 unspecified atom stereocenters. The molecule has 198 valence electrons. The van der Waals surface area contributed by atoms with Crippen LogP contribution < -0.4 is 0 Å². The molecule has 0 bridgehead atoms. The van der Waals surface area contributed by atoms with E-state index in [2.05, 4.69) is 117 Å². The molecule has 4 heterocycles. The number of benzene rings is 5. The summed E-state index contributed by atoms with van der Waals surface area (Å²) in [6.45, 7) is 0. The monoisotopic (exact) mass is 556 g/mol. The lowest BCUT2D eigenvalue weighted by atomic mass is 10.1. The van der Waals surface area contributed by atoms with Gasteiger partial charge in [-0.25, -0.2) is 4.98 Å². The highest BCUT2D eigenvalue weighted by Crippen LogP contribution is 2.42. The molecular formula is C36H22N5S-. The van der Waals surface area contributed by atoms with E-state index in [9.17, 15) is 5.41 Å². The van der Waals surface area contributed by atoms with Crippen molar-refractivity contribution in [1.29, 1.82) is 0 Å². The van der Waals surface area contributed by atoms with Crippen LogP contribution >= 0.6 is 11.3 Å². The lowest BCUT2D eigenvalue weighted by molar-refractivity contribution is 1.13. The minimum atomic E-state index is 0.703. The number of imidazole rings is 1. The van der Waals surface area contributed by atoms with Crippen molar-refractivity contribution in [2.75, 3.05) is 0 Å². The molecule has 0 amide bonds. The summed E-state index contributed by atoms with van der Waals surface area (Å²) in [5.41, 5.74) is 7.17. The number of para-hydroxylation sites is 3. The molecule has 5 aromatic carbocycles. The van der Waals surface area contributed by atoms with Gasteiger partial charge in [0.05, 0.1) is 27.8 Å². The summed E-state index contributed by atoms with van der Waals surface area (Å²) in [5, 5.41) is 16.0. The maximum Gasteiger partial charge on any atom is 0.156 e. The third kappa shape index (κ3) is 3.12. The average Bonchev–Trinajstić information content (AvgIpc) is 3.78. The van der Waals surface area contributed by atoms with Gasteiger partial charge in [-0.3, -0.25) is 0 Å². The van der Waals surface area contributed by atoms with E-state index in [0.29, 0.717) is 5.82 Å². The van der Waals surface area contributed by atoms with Crippen molar-refractivity contribution in [1.82, 2.24) is 19.1 Å². The van der Waals surface area contributed by atoms with Crippen LogP contribution in [0, 0.1) is 0 Å². The first-order chi connectivity index (χ1) is 20.8. The number of nitrogens with zero attached hydrogens (tertiary/aromatic N) is 4. The minimum Gasteiger partial charge on any atom is -0.811 e. The fourth-order valence-electron chi connectivity index (χ4n) is 6.52. The van der Waals surface area contributed by atoms with Gasteiger partial charge in [0, 0.05) is 37.3 Å². The Bertz CT molecular complexity index is 2540. The Morgan fingerprint density at radius 3 is 2.10 bits per heavy atom. The van der Waals surface area contributed by atoms with Crippen LogP contribution in [0.2, 0.25) is 0 Å². The molecule has 0 atom stereocenters. The Hall–Kier alpha value is -5.46. The summed E-state index contributed by atoms with van der Waals surface area (Å²) in [6.07, 6.45) is 2.85. The van der Waals surface area contributed by atoms with E-state index >= 15 is 0 Å². The zero-order valence-corrected chi connectivity index (χ0v) is 23.1. The highest BCUT2D eigenvalue weighted by Gasteiger charge is 2.23. The molecule has 42 heavy (non-hydrogen) atoms. The van der Waals surface area contributed by atoms with Crippen LogP contribution in [0.5, 0.6) is 0 Å². The predicted molar refractivity (Wildman–Crippen MR) is 178 cm³/mol. The van der Waals surface area contributed by atoms with Crippen LogP contribution in [0.3, 0.4) is 0 Å². The van der Waals surface area contributed by atoms with Gasteiger partial charge in [-0.1, -0.05) is 91.0 Å². The number of nitrogens with one attached hydrogen (secondary N) is 1. The molecule has 0 saturated heterocycles. The Labute approximate surface area is 244 Å². The van der Waals surface area contributed by atoms with Gasteiger partial charge in [-0.15, -0.1) is 11.3 Å². The topological polar surface area (TPSA) is 60.8 Å². The maximum absolute atomic E-state index is 10.2. The van der Waals surface area contributed by atoms with Gasteiger partial charge in [-0.05, 0) is 30.3 Å². The van der Waals surface area contributed by atoms with Crippen LogP contribution in [0.1, 0.15) is 5.82 Å². The molecule has 0 fully saturated rings. The first-order valence-corrected chi connectivity index (χ1v) is 14.7. The Morgan fingerprint density at radius 2 is 1.31 bits per heavy atom. The van der Waals surface area contributed by atoms with E-state index in [0.717, 1.165) is 66.2 Å². The third-order valence-electron chi connectivity index (χ3n) is 8.22. The highest BCUT2D eigenvalue weighted by atomic mass is 32.1. The summed E-state index contributed by atoms with van der Waals surface area (Å²) in [5.74, 6) is 0.703. The fourth-order valence-corrected chi connectivity index (χ4v) is 7.56. The van der Waals surface area contributed by atoms with Crippen molar-refractivity contribution in [3.8, 4) is 5.69 Å². The number of thiophene rings is 1. The number of aromatic amines is 1. The molecule has 0 saturated carbocycles. The van der Waals surface area contributed by atoms with Gasteiger partial charge < -0.3 is 19.5 Å². The van der Waals surface area contributed by atoms with E-state index in [4.69, 9.17) is 4.98 Å². The van der Waals surface area contributed by atoms with Crippen molar-refractivity contribution in [3.63, 3.8) is 0 Å². The summed E-state index contributed by atoms with van der Waals surface area (Å²) in [6, 6.07) is 40.4. The first-order valence-electron chi connectivity index (χ1n) is 13.9. The van der Waals surface area contributed by atoms with Gasteiger partial charge in [0.2, 0.25) is 0 Å². The van der Waals surface area contributed by atoms with E-state index in [-0.39, 0.29) is 0 Å². The fraction of sp³-hybridized carbons (Fsp3) is 0. The average molecular weight is 557 g/mol. The SMILES string of the molecule is [N-]=C/C=C(\c1nc2c([nH]1)sc1ccccc12)n1c2ccccc2c2ccc3c4ccccc4n(-c4ccccc4)c3c21. The molecule has 5 nitrogen and oxygen atoms in total. The van der Waals surface area contributed by atoms with Crippen molar-refractivity contribution in [2.24, 2.45) is 0 Å². The standard InChI is InChI=1S/C36H22N5S/c37-21-20-30(35-38-32-27-14-6-9-17-31(27)42-36(32)39-35)41-29-16-8-5-13-24(29)26-19-18-25-23-12-4-7-15-28(23)40(33(25)34(26)41)22-10-2-1-3-11-22/h1-21H,(H,38,39)/q-1/b30-20+. The lowest BCUT2D eigenvalue weighted by Crippen LogP contribution is -2.03. The molecule has 6 heteroatoms. The summed E-state index contributed by atoms with van der Waals surface area (Å²) in [7, 11) is 0.